The fourth-order valence-electron chi connectivity index (χ4n) is 3.09. The second-order valence-electron chi connectivity index (χ2n) is 6.77. The first-order chi connectivity index (χ1) is 15.0. The molecule has 0 N–H and O–H groups in total. The van der Waals surface area contributed by atoms with E-state index >= 15 is 0 Å². The van der Waals surface area contributed by atoms with Crippen LogP contribution >= 0.6 is 23.2 Å². The minimum Gasteiger partial charge on any atom is -0.466 e. The van der Waals surface area contributed by atoms with Gasteiger partial charge in [0.05, 0.1) is 24.7 Å². The Morgan fingerprint density at radius 3 is 2.58 bits per heavy atom. The van der Waals surface area contributed by atoms with Gasteiger partial charge in [0.2, 0.25) is 0 Å². The number of halogens is 2. The number of hydrogen-bond donors (Lipinski definition) is 0. The van der Waals surface area contributed by atoms with Gasteiger partial charge in [-0.1, -0.05) is 47.5 Å². The minimum atomic E-state index is -0.417. The maximum absolute atomic E-state index is 11.5. The number of imidazole rings is 1. The number of carbonyl (C=O) groups is 1. The van der Waals surface area contributed by atoms with Crippen molar-refractivity contribution >= 4 is 46.3 Å². The number of hydrogen-bond acceptors (Lipinski definition) is 4. The molecule has 156 valence electrons. The topological polar surface area (TPSA) is 53.4 Å². The summed E-state index contributed by atoms with van der Waals surface area (Å²) in [7, 11) is 1.34. The Labute approximate surface area is 189 Å². The van der Waals surface area contributed by atoms with E-state index in [4.69, 9.17) is 27.9 Å². The molecular formula is C24H18Cl2N2O3. The first-order valence-electron chi connectivity index (χ1n) is 9.46. The number of fused-ring (bicyclic) bond motifs is 1. The van der Waals surface area contributed by atoms with E-state index in [1.807, 2.05) is 59.2 Å². The van der Waals surface area contributed by atoms with Gasteiger partial charge in [0.1, 0.15) is 5.75 Å². The second kappa shape index (κ2) is 9.25. The zero-order valence-electron chi connectivity index (χ0n) is 16.6. The Morgan fingerprint density at radius 2 is 1.84 bits per heavy atom. The van der Waals surface area contributed by atoms with Gasteiger partial charge in [-0.2, -0.15) is 4.98 Å². The summed E-state index contributed by atoms with van der Waals surface area (Å²) in [6.45, 7) is 0.522. The van der Waals surface area contributed by atoms with Crippen LogP contribution < -0.4 is 4.74 Å². The van der Waals surface area contributed by atoms with E-state index in [9.17, 15) is 4.79 Å². The van der Waals surface area contributed by atoms with Crippen molar-refractivity contribution < 1.29 is 14.3 Å². The summed E-state index contributed by atoms with van der Waals surface area (Å²) in [4.78, 5) is 16.1. The molecule has 0 aliphatic heterocycles. The number of benzene rings is 3. The van der Waals surface area contributed by atoms with Crippen molar-refractivity contribution in [3.63, 3.8) is 0 Å². The van der Waals surface area contributed by atoms with Crippen LogP contribution in [0.1, 0.15) is 11.1 Å². The zero-order valence-corrected chi connectivity index (χ0v) is 18.1. The molecule has 1 aromatic heterocycles. The fourth-order valence-corrected chi connectivity index (χ4v) is 3.40. The summed E-state index contributed by atoms with van der Waals surface area (Å²) in [6, 6.07) is 20.9. The van der Waals surface area contributed by atoms with E-state index in [0.717, 1.165) is 22.2 Å². The summed E-state index contributed by atoms with van der Waals surface area (Å²) in [5, 5.41) is 1.25. The van der Waals surface area contributed by atoms with Gasteiger partial charge in [0.15, 0.2) is 0 Å². The number of esters is 1. The van der Waals surface area contributed by atoms with E-state index in [0.29, 0.717) is 28.3 Å². The van der Waals surface area contributed by atoms with Crippen LogP contribution in [0.25, 0.3) is 17.1 Å². The molecule has 0 aliphatic rings. The molecule has 0 fully saturated rings. The van der Waals surface area contributed by atoms with Crippen LogP contribution in [-0.2, 0) is 16.1 Å². The molecule has 4 aromatic rings. The zero-order chi connectivity index (χ0) is 21.8. The Hall–Kier alpha value is -3.28. The van der Waals surface area contributed by atoms with Gasteiger partial charge in [-0.3, -0.25) is 4.57 Å². The average Bonchev–Trinajstić information content (AvgIpc) is 3.09. The normalized spacial score (nSPS) is 11.2. The van der Waals surface area contributed by atoms with Gasteiger partial charge < -0.3 is 9.47 Å². The summed E-state index contributed by atoms with van der Waals surface area (Å²) < 4.78 is 12.7. The standard InChI is InChI=1S/C24H18Cl2N2O3/c1-30-23(29)12-8-16-7-11-21-22(13-16)28(15-17-5-9-18(25)10-6-17)24(27-21)31-20-4-2-3-19(26)14-20/h2-14H,15H2,1H3/b12-8+. The molecule has 3 aromatic carbocycles. The van der Waals surface area contributed by atoms with Crippen molar-refractivity contribution in [1.29, 1.82) is 0 Å². The average molecular weight is 453 g/mol. The Kier molecular flexibility index (Phi) is 6.26. The van der Waals surface area contributed by atoms with Crippen molar-refractivity contribution in [2.45, 2.75) is 6.54 Å². The molecule has 1 heterocycles. The lowest BCUT2D eigenvalue weighted by molar-refractivity contribution is -0.134. The van der Waals surface area contributed by atoms with E-state index < -0.39 is 5.97 Å². The highest BCUT2D eigenvalue weighted by Gasteiger charge is 2.14. The van der Waals surface area contributed by atoms with Crippen LogP contribution in [0.2, 0.25) is 10.0 Å². The quantitative estimate of drug-likeness (QED) is 0.252. The molecule has 0 spiro atoms. The molecule has 0 bridgehead atoms. The lowest BCUT2D eigenvalue weighted by Crippen LogP contribution is -2.02. The largest absolute Gasteiger partial charge is 0.466 e. The van der Waals surface area contributed by atoms with Gasteiger partial charge in [-0.25, -0.2) is 4.79 Å². The molecule has 0 unspecified atom stereocenters. The molecule has 4 rings (SSSR count). The molecule has 7 heteroatoms. The van der Waals surface area contributed by atoms with E-state index in [1.165, 1.54) is 13.2 Å². The van der Waals surface area contributed by atoms with Gasteiger partial charge in [0, 0.05) is 16.1 Å². The maximum Gasteiger partial charge on any atom is 0.330 e. The van der Waals surface area contributed by atoms with Gasteiger partial charge in [-0.05, 0) is 59.7 Å². The molecule has 31 heavy (non-hydrogen) atoms. The van der Waals surface area contributed by atoms with Crippen molar-refractivity contribution in [1.82, 2.24) is 9.55 Å². The smallest absolute Gasteiger partial charge is 0.330 e. The number of nitrogens with zero attached hydrogens (tertiary/aromatic N) is 2. The molecule has 5 nitrogen and oxygen atoms in total. The van der Waals surface area contributed by atoms with E-state index in [1.54, 1.807) is 18.2 Å². The van der Waals surface area contributed by atoms with Crippen molar-refractivity contribution in [3.8, 4) is 11.8 Å². The monoisotopic (exact) mass is 452 g/mol. The van der Waals surface area contributed by atoms with Crippen molar-refractivity contribution in [2.24, 2.45) is 0 Å². The summed E-state index contributed by atoms with van der Waals surface area (Å²) >= 11 is 12.1. The number of carbonyl (C=O) groups excluding carboxylic acids is 1. The highest BCUT2D eigenvalue weighted by molar-refractivity contribution is 6.30. The van der Waals surface area contributed by atoms with Crippen LogP contribution in [0.15, 0.2) is 72.8 Å². The summed E-state index contributed by atoms with van der Waals surface area (Å²) in [5.74, 6) is 0.172. The predicted molar refractivity (Wildman–Crippen MR) is 123 cm³/mol. The SMILES string of the molecule is COC(=O)/C=C/c1ccc2nc(Oc3cccc(Cl)c3)n(Cc3ccc(Cl)cc3)c2c1. The molecule has 0 amide bonds. The Morgan fingerprint density at radius 1 is 1.03 bits per heavy atom. The third kappa shape index (κ3) is 5.08. The van der Waals surface area contributed by atoms with Crippen LogP contribution in [0, 0.1) is 0 Å². The highest BCUT2D eigenvalue weighted by Crippen LogP contribution is 2.29. The number of rotatable bonds is 6. The summed E-state index contributed by atoms with van der Waals surface area (Å²) in [6.07, 6.45) is 3.08. The van der Waals surface area contributed by atoms with Gasteiger partial charge in [-0.15, -0.1) is 0 Å². The molecule has 0 aliphatic carbocycles. The fraction of sp³-hybridized carbons (Fsp3) is 0.0833. The Bertz CT molecular complexity index is 1260. The predicted octanol–water partition coefficient (Wildman–Crippen LogP) is 6.37. The number of aromatic nitrogens is 2. The second-order valence-corrected chi connectivity index (χ2v) is 7.64. The first kappa shape index (κ1) is 21.0. The molecule has 0 saturated carbocycles. The highest BCUT2D eigenvalue weighted by atomic mass is 35.5. The van der Waals surface area contributed by atoms with Crippen LogP contribution in [0.5, 0.6) is 11.8 Å². The van der Waals surface area contributed by atoms with Gasteiger partial charge in [0.25, 0.3) is 0 Å². The summed E-state index contributed by atoms with van der Waals surface area (Å²) in [5.41, 5.74) is 3.50. The van der Waals surface area contributed by atoms with Crippen molar-refractivity contribution in [3.05, 3.63) is 94.0 Å². The van der Waals surface area contributed by atoms with E-state index in [2.05, 4.69) is 9.72 Å². The lowest BCUT2D eigenvalue weighted by Gasteiger charge is -2.11. The molecule has 0 saturated heterocycles. The molecule has 0 atom stereocenters. The Balaban J connectivity index is 1.77. The minimum absolute atomic E-state index is 0.417. The third-order valence-electron chi connectivity index (χ3n) is 4.61. The van der Waals surface area contributed by atoms with E-state index in [-0.39, 0.29) is 0 Å². The first-order valence-corrected chi connectivity index (χ1v) is 10.2. The van der Waals surface area contributed by atoms with Crippen LogP contribution in [0.4, 0.5) is 0 Å². The van der Waals surface area contributed by atoms with Crippen LogP contribution in [-0.4, -0.2) is 22.6 Å². The van der Waals surface area contributed by atoms with Crippen LogP contribution in [0.3, 0.4) is 0 Å². The van der Waals surface area contributed by atoms with Gasteiger partial charge >= 0.3 is 12.0 Å². The number of methoxy groups -OCH3 is 1. The maximum atomic E-state index is 11.5. The van der Waals surface area contributed by atoms with Crippen molar-refractivity contribution in [2.75, 3.05) is 7.11 Å². The lowest BCUT2D eigenvalue weighted by atomic mass is 10.1. The third-order valence-corrected chi connectivity index (χ3v) is 5.10. The molecule has 0 radical (unpaired) electrons. The molecular weight excluding hydrogens is 435 g/mol. The number of ether oxygens (including phenoxy) is 2.